The molecule has 20 heavy (non-hydrogen) atoms. The van der Waals surface area contributed by atoms with Gasteiger partial charge < -0.3 is 4.74 Å². The number of nitrogens with two attached hydrogens (primary N) is 1. The van der Waals surface area contributed by atoms with Crippen LogP contribution >= 0.6 is 0 Å². The lowest BCUT2D eigenvalue weighted by molar-refractivity contribution is 0.411. The molecule has 3 N–H and O–H groups in total. The van der Waals surface area contributed by atoms with Gasteiger partial charge in [-0.2, -0.15) is 5.10 Å². The third kappa shape index (κ3) is 2.42. The number of ether oxygens (including phenoxy) is 1. The Morgan fingerprint density at radius 2 is 1.90 bits per heavy atom. The summed E-state index contributed by atoms with van der Waals surface area (Å²) in [4.78, 5) is 0. The monoisotopic (exact) mass is 274 g/mol. The van der Waals surface area contributed by atoms with Crippen molar-refractivity contribution in [3.05, 3.63) is 46.3 Å². The van der Waals surface area contributed by atoms with E-state index in [0.717, 1.165) is 33.7 Å². The van der Waals surface area contributed by atoms with Gasteiger partial charge in [-0.05, 0) is 43.5 Å². The van der Waals surface area contributed by atoms with Crippen LogP contribution < -0.4 is 16.0 Å². The highest BCUT2D eigenvalue weighted by molar-refractivity contribution is 5.46. The van der Waals surface area contributed by atoms with E-state index in [1.165, 1.54) is 0 Å². The van der Waals surface area contributed by atoms with Crippen molar-refractivity contribution in [3.8, 4) is 5.75 Å². The molecule has 0 bridgehead atoms. The van der Waals surface area contributed by atoms with Crippen molar-refractivity contribution in [3.63, 3.8) is 0 Å². The second kappa shape index (κ2) is 5.64. The second-order valence-electron chi connectivity index (χ2n) is 5.09. The smallest absolute Gasteiger partial charge is 0.122 e. The fraction of sp³-hybridized carbons (Fsp3) is 0.400. The standard InChI is InChI=1S/C15H22N4O/c1-9-7-14(20-5)10(2)6-12(9)15(18-16)13-8-17-19(4)11(13)3/h6-8,15,18H,16H2,1-5H3. The number of hydrazine groups is 1. The van der Waals surface area contributed by atoms with E-state index in [0.29, 0.717) is 0 Å². The van der Waals surface area contributed by atoms with Gasteiger partial charge in [-0.15, -0.1) is 0 Å². The summed E-state index contributed by atoms with van der Waals surface area (Å²) < 4.78 is 7.21. The van der Waals surface area contributed by atoms with Crippen molar-refractivity contribution < 1.29 is 4.74 Å². The summed E-state index contributed by atoms with van der Waals surface area (Å²) in [6.45, 7) is 6.14. The molecule has 0 aliphatic rings. The number of aromatic nitrogens is 2. The Bertz CT molecular complexity index is 619. The molecule has 5 nitrogen and oxygen atoms in total. The van der Waals surface area contributed by atoms with Crippen molar-refractivity contribution in [1.82, 2.24) is 15.2 Å². The normalized spacial score (nSPS) is 12.5. The molecule has 0 spiro atoms. The van der Waals surface area contributed by atoms with Crippen LogP contribution in [-0.4, -0.2) is 16.9 Å². The van der Waals surface area contributed by atoms with Crippen LogP contribution in [0.25, 0.3) is 0 Å². The van der Waals surface area contributed by atoms with E-state index in [1.54, 1.807) is 7.11 Å². The molecule has 0 fully saturated rings. The Morgan fingerprint density at radius 3 is 2.40 bits per heavy atom. The van der Waals surface area contributed by atoms with E-state index in [2.05, 4.69) is 23.5 Å². The molecule has 5 heteroatoms. The second-order valence-corrected chi connectivity index (χ2v) is 5.09. The number of aryl methyl sites for hydroxylation is 3. The quantitative estimate of drug-likeness (QED) is 0.660. The fourth-order valence-electron chi connectivity index (χ4n) is 2.49. The first-order valence-corrected chi connectivity index (χ1v) is 6.59. The van der Waals surface area contributed by atoms with E-state index in [-0.39, 0.29) is 6.04 Å². The van der Waals surface area contributed by atoms with Gasteiger partial charge in [-0.1, -0.05) is 6.07 Å². The maximum atomic E-state index is 5.79. The highest BCUT2D eigenvalue weighted by Gasteiger charge is 2.20. The third-order valence-corrected chi connectivity index (χ3v) is 3.85. The molecule has 1 atom stereocenters. The van der Waals surface area contributed by atoms with Crippen LogP contribution in [-0.2, 0) is 7.05 Å². The molecule has 1 aromatic carbocycles. The fourth-order valence-corrected chi connectivity index (χ4v) is 2.49. The number of hydrogen-bond acceptors (Lipinski definition) is 4. The molecule has 0 aliphatic heterocycles. The Labute approximate surface area is 119 Å². The minimum absolute atomic E-state index is 0.0756. The molecule has 1 aromatic heterocycles. The largest absolute Gasteiger partial charge is 0.496 e. The van der Waals surface area contributed by atoms with Crippen molar-refractivity contribution in [2.45, 2.75) is 26.8 Å². The minimum atomic E-state index is -0.0756. The number of nitrogens with one attached hydrogen (secondary N) is 1. The predicted molar refractivity (Wildman–Crippen MR) is 79.6 cm³/mol. The molecule has 2 rings (SSSR count). The highest BCUT2D eigenvalue weighted by Crippen LogP contribution is 2.30. The van der Waals surface area contributed by atoms with Gasteiger partial charge in [0.1, 0.15) is 5.75 Å². The summed E-state index contributed by atoms with van der Waals surface area (Å²) in [5.41, 5.74) is 8.45. The number of methoxy groups -OCH3 is 1. The van der Waals surface area contributed by atoms with Crippen molar-refractivity contribution in [2.24, 2.45) is 12.9 Å². The zero-order chi connectivity index (χ0) is 14.9. The summed E-state index contributed by atoms with van der Waals surface area (Å²) in [6, 6.07) is 4.08. The average molecular weight is 274 g/mol. The Balaban J connectivity index is 2.52. The lowest BCUT2D eigenvalue weighted by Gasteiger charge is -2.20. The van der Waals surface area contributed by atoms with E-state index in [4.69, 9.17) is 10.6 Å². The lowest BCUT2D eigenvalue weighted by atomic mass is 9.94. The van der Waals surface area contributed by atoms with Gasteiger partial charge in [-0.25, -0.2) is 5.43 Å². The molecule has 2 aromatic rings. The first-order chi connectivity index (χ1) is 9.49. The van der Waals surface area contributed by atoms with Gasteiger partial charge in [0, 0.05) is 18.3 Å². The van der Waals surface area contributed by atoms with Gasteiger partial charge >= 0.3 is 0 Å². The molecule has 0 amide bonds. The Morgan fingerprint density at radius 1 is 1.20 bits per heavy atom. The number of nitrogens with zero attached hydrogens (tertiary/aromatic N) is 2. The van der Waals surface area contributed by atoms with Crippen molar-refractivity contribution >= 4 is 0 Å². The maximum Gasteiger partial charge on any atom is 0.122 e. The average Bonchev–Trinajstić information content (AvgIpc) is 2.75. The van der Waals surface area contributed by atoms with Crippen LogP contribution in [0, 0.1) is 20.8 Å². The van der Waals surface area contributed by atoms with Crippen molar-refractivity contribution in [2.75, 3.05) is 7.11 Å². The number of rotatable bonds is 4. The minimum Gasteiger partial charge on any atom is -0.496 e. The summed E-state index contributed by atoms with van der Waals surface area (Å²) in [5.74, 6) is 6.68. The number of hydrogen-bond donors (Lipinski definition) is 2. The molecule has 0 saturated heterocycles. The zero-order valence-electron chi connectivity index (χ0n) is 12.7. The molecule has 108 valence electrons. The van der Waals surface area contributed by atoms with Crippen molar-refractivity contribution in [1.29, 1.82) is 0 Å². The molecule has 1 unspecified atom stereocenters. The predicted octanol–water partition coefficient (Wildman–Crippen LogP) is 1.91. The lowest BCUT2D eigenvalue weighted by Crippen LogP contribution is -2.29. The van der Waals surface area contributed by atoms with Gasteiger partial charge in [0.2, 0.25) is 0 Å². The summed E-state index contributed by atoms with van der Waals surface area (Å²) >= 11 is 0. The Kier molecular flexibility index (Phi) is 4.11. The third-order valence-electron chi connectivity index (χ3n) is 3.85. The van der Waals surface area contributed by atoms with E-state index >= 15 is 0 Å². The Hall–Kier alpha value is -1.85. The first kappa shape index (κ1) is 14.6. The van der Waals surface area contributed by atoms with E-state index in [9.17, 15) is 0 Å². The molecule has 0 radical (unpaired) electrons. The van der Waals surface area contributed by atoms with Crippen LogP contribution in [0.3, 0.4) is 0 Å². The van der Waals surface area contributed by atoms with Crippen LogP contribution in [0.5, 0.6) is 5.75 Å². The van der Waals surface area contributed by atoms with Gasteiger partial charge in [0.15, 0.2) is 0 Å². The maximum absolute atomic E-state index is 5.79. The molecular weight excluding hydrogens is 252 g/mol. The molecule has 0 aliphatic carbocycles. The topological polar surface area (TPSA) is 65.1 Å². The molecule has 0 saturated carbocycles. The highest BCUT2D eigenvalue weighted by atomic mass is 16.5. The van der Waals surface area contributed by atoms with Gasteiger partial charge in [0.05, 0.1) is 19.3 Å². The summed E-state index contributed by atoms with van der Waals surface area (Å²) in [5, 5.41) is 4.29. The van der Waals surface area contributed by atoms with E-state index in [1.807, 2.05) is 37.8 Å². The SMILES string of the molecule is COc1cc(C)c(C(NN)c2cnn(C)c2C)cc1C. The summed E-state index contributed by atoms with van der Waals surface area (Å²) in [6.07, 6.45) is 1.86. The molecule has 1 heterocycles. The first-order valence-electron chi connectivity index (χ1n) is 6.59. The van der Waals surface area contributed by atoms with Crippen LogP contribution in [0.4, 0.5) is 0 Å². The van der Waals surface area contributed by atoms with Gasteiger partial charge in [-0.3, -0.25) is 10.5 Å². The number of benzene rings is 1. The van der Waals surface area contributed by atoms with E-state index < -0.39 is 0 Å². The van der Waals surface area contributed by atoms with Crippen LogP contribution in [0.1, 0.15) is 34.0 Å². The van der Waals surface area contributed by atoms with Gasteiger partial charge in [0.25, 0.3) is 0 Å². The van der Waals surface area contributed by atoms with Crippen LogP contribution in [0.15, 0.2) is 18.3 Å². The summed E-state index contributed by atoms with van der Waals surface area (Å²) in [7, 11) is 3.61. The molecular formula is C15H22N4O. The zero-order valence-corrected chi connectivity index (χ0v) is 12.7. The van der Waals surface area contributed by atoms with Crippen LogP contribution in [0.2, 0.25) is 0 Å².